The van der Waals surface area contributed by atoms with E-state index in [2.05, 4.69) is 11.8 Å². The van der Waals surface area contributed by atoms with Crippen LogP contribution in [-0.4, -0.2) is 64.8 Å². The van der Waals surface area contributed by atoms with E-state index >= 15 is 0 Å². The number of amides is 1. The van der Waals surface area contributed by atoms with Crippen LogP contribution in [-0.2, 0) is 14.8 Å². The molecule has 7 nitrogen and oxygen atoms in total. The molecule has 0 N–H and O–H groups in total. The Labute approximate surface area is 189 Å². The van der Waals surface area contributed by atoms with E-state index in [4.69, 9.17) is 16.3 Å². The first-order valence-electron chi connectivity index (χ1n) is 10.1. The van der Waals surface area contributed by atoms with Gasteiger partial charge in [-0.05, 0) is 55.8 Å². The Bertz CT molecular complexity index is 1040. The van der Waals surface area contributed by atoms with Crippen molar-refractivity contribution in [3.8, 4) is 5.75 Å². The van der Waals surface area contributed by atoms with E-state index in [0.717, 1.165) is 30.6 Å². The fraction of sp³-hybridized carbons (Fsp3) is 0.409. The maximum absolute atomic E-state index is 12.8. The zero-order chi connectivity index (χ0) is 22.8. The van der Waals surface area contributed by atoms with Crippen molar-refractivity contribution in [3.05, 3.63) is 53.1 Å². The fourth-order valence-corrected chi connectivity index (χ4v) is 4.20. The van der Waals surface area contributed by atoms with Crippen LogP contribution in [0.4, 0.5) is 11.4 Å². The van der Waals surface area contributed by atoms with Gasteiger partial charge in [-0.1, -0.05) is 17.7 Å². The maximum Gasteiger partial charge on any atom is 0.263 e. The minimum absolute atomic E-state index is 0.0696. The lowest BCUT2D eigenvalue weighted by molar-refractivity contribution is -0.138. The summed E-state index contributed by atoms with van der Waals surface area (Å²) in [5.74, 6) is 0.444. The number of anilines is 2. The minimum Gasteiger partial charge on any atom is -0.481 e. The van der Waals surface area contributed by atoms with Crippen molar-refractivity contribution in [1.29, 1.82) is 0 Å². The van der Waals surface area contributed by atoms with E-state index in [-0.39, 0.29) is 5.91 Å². The Kier molecular flexibility index (Phi) is 7.01. The van der Waals surface area contributed by atoms with Gasteiger partial charge in [0.25, 0.3) is 5.91 Å². The summed E-state index contributed by atoms with van der Waals surface area (Å²) in [7, 11) is -1.84. The molecule has 1 amide bonds. The van der Waals surface area contributed by atoms with Crippen LogP contribution in [0, 0.1) is 6.92 Å². The number of ether oxygens (including phenoxy) is 1. The van der Waals surface area contributed by atoms with Gasteiger partial charge < -0.3 is 14.5 Å². The predicted molar refractivity (Wildman–Crippen MR) is 125 cm³/mol. The van der Waals surface area contributed by atoms with Gasteiger partial charge in [-0.15, -0.1) is 0 Å². The predicted octanol–water partition coefficient (Wildman–Crippen LogP) is 3.16. The van der Waals surface area contributed by atoms with Crippen molar-refractivity contribution >= 4 is 38.9 Å². The molecule has 1 fully saturated rings. The number of halogens is 1. The van der Waals surface area contributed by atoms with Crippen LogP contribution in [0.25, 0.3) is 0 Å². The van der Waals surface area contributed by atoms with E-state index in [0.29, 0.717) is 29.5 Å². The molecule has 2 aromatic carbocycles. The molecule has 3 rings (SSSR count). The number of hydrogen-bond donors (Lipinski definition) is 0. The first-order chi connectivity index (χ1) is 14.6. The zero-order valence-electron chi connectivity index (χ0n) is 18.2. The summed E-state index contributed by atoms with van der Waals surface area (Å²) < 4.78 is 30.3. The Morgan fingerprint density at radius 2 is 1.71 bits per heavy atom. The summed E-state index contributed by atoms with van der Waals surface area (Å²) in [4.78, 5) is 16.9. The summed E-state index contributed by atoms with van der Waals surface area (Å²) in [6.07, 6.45) is 0.504. The van der Waals surface area contributed by atoms with Crippen molar-refractivity contribution < 1.29 is 17.9 Å². The van der Waals surface area contributed by atoms with Crippen molar-refractivity contribution in [2.24, 2.45) is 0 Å². The number of carbonyl (C=O) groups is 1. The van der Waals surface area contributed by atoms with Crippen LogP contribution in [0.3, 0.4) is 0 Å². The number of benzene rings is 2. The van der Waals surface area contributed by atoms with E-state index in [1.165, 1.54) is 11.4 Å². The van der Waals surface area contributed by atoms with Gasteiger partial charge >= 0.3 is 0 Å². The largest absolute Gasteiger partial charge is 0.481 e. The normalized spacial score (nSPS) is 15.5. The third kappa shape index (κ3) is 5.62. The third-order valence-electron chi connectivity index (χ3n) is 5.46. The van der Waals surface area contributed by atoms with E-state index in [1.54, 1.807) is 31.2 Å². The first-order valence-corrected chi connectivity index (χ1v) is 12.3. The second-order valence-electron chi connectivity index (χ2n) is 7.73. The molecular weight excluding hydrogens is 438 g/mol. The molecule has 9 heteroatoms. The Hall–Kier alpha value is -2.45. The average molecular weight is 466 g/mol. The molecule has 0 bridgehead atoms. The molecule has 1 aliphatic heterocycles. The lowest BCUT2D eigenvalue weighted by Gasteiger charge is -2.37. The van der Waals surface area contributed by atoms with E-state index < -0.39 is 16.1 Å². The standard InChI is InChI=1S/C22H28ClN3O4S/c1-16-5-6-18(23)15-21(16)25-11-13-26(14-12-25)22(27)17(2)30-20-9-7-19(8-10-20)24(3)31(4,28)29/h5-10,15,17H,11-14H2,1-4H3/t17-/m0/s1. The third-order valence-corrected chi connectivity index (χ3v) is 6.90. The van der Waals surface area contributed by atoms with Gasteiger partial charge in [0.1, 0.15) is 5.75 Å². The Balaban J connectivity index is 1.57. The summed E-state index contributed by atoms with van der Waals surface area (Å²) in [6, 6.07) is 12.5. The summed E-state index contributed by atoms with van der Waals surface area (Å²) in [5, 5.41) is 0.704. The molecule has 1 saturated heterocycles. The monoisotopic (exact) mass is 465 g/mol. The molecule has 0 aliphatic carbocycles. The molecule has 0 radical (unpaired) electrons. The number of carbonyl (C=O) groups excluding carboxylic acids is 1. The van der Waals surface area contributed by atoms with Crippen molar-refractivity contribution in [1.82, 2.24) is 4.90 Å². The molecule has 0 aromatic heterocycles. The SMILES string of the molecule is Cc1ccc(Cl)cc1N1CCN(C(=O)[C@H](C)Oc2ccc(N(C)S(C)(=O)=O)cc2)CC1. The highest BCUT2D eigenvalue weighted by atomic mass is 35.5. The number of rotatable bonds is 6. The Morgan fingerprint density at radius 3 is 2.29 bits per heavy atom. The van der Waals surface area contributed by atoms with Crippen LogP contribution in [0.5, 0.6) is 5.75 Å². The van der Waals surface area contributed by atoms with Gasteiger partial charge in [0.2, 0.25) is 10.0 Å². The Morgan fingerprint density at radius 1 is 1.10 bits per heavy atom. The summed E-state index contributed by atoms with van der Waals surface area (Å²) >= 11 is 6.14. The summed E-state index contributed by atoms with van der Waals surface area (Å²) in [5.41, 5.74) is 2.79. The summed E-state index contributed by atoms with van der Waals surface area (Å²) in [6.45, 7) is 6.45. The topological polar surface area (TPSA) is 70.2 Å². The van der Waals surface area contributed by atoms with E-state index in [1.807, 2.05) is 23.1 Å². The maximum atomic E-state index is 12.8. The van der Waals surface area contributed by atoms with Crippen molar-refractivity contribution in [2.75, 3.05) is 48.7 Å². The molecule has 1 heterocycles. The molecule has 0 saturated carbocycles. The van der Waals surface area contributed by atoms with Crippen molar-refractivity contribution in [2.45, 2.75) is 20.0 Å². The molecule has 0 unspecified atom stereocenters. The number of aryl methyl sites for hydroxylation is 1. The molecule has 1 aliphatic rings. The highest BCUT2D eigenvalue weighted by Gasteiger charge is 2.26. The molecule has 31 heavy (non-hydrogen) atoms. The highest BCUT2D eigenvalue weighted by molar-refractivity contribution is 7.92. The first kappa shape index (κ1) is 23.2. The number of piperazine rings is 1. The smallest absolute Gasteiger partial charge is 0.263 e. The van der Waals surface area contributed by atoms with Gasteiger partial charge in [-0.25, -0.2) is 8.42 Å². The second kappa shape index (κ2) is 9.36. The van der Waals surface area contributed by atoms with Gasteiger partial charge in [-0.2, -0.15) is 0 Å². The van der Waals surface area contributed by atoms with Crippen LogP contribution >= 0.6 is 11.6 Å². The zero-order valence-corrected chi connectivity index (χ0v) is 19.8. The van der Waals surface area contributed by atoms with Gasteiger partial charge in [0, 0.05) is 43.9 Å². The second-order valence-corrected chi connectivity index (χ2v) is 10.2. The van der Waals surface area contributed by atoms with Gasteiger partial charge in [0.05, 0.1) is 11.9 Å². The van der Waals surface area contributed by atoms with Crippen LogP contribution in [0.2, 0.25) is 5.02 Å². The average Bonchev–Trinajstić information content (AvgIpc) is 2.74. The lowest BCUT2D eigenvalue weighted by atomic mass is 10.1. The highest BCUT2D eigenvalue weighted by Crippen LogP contribution is 2.26. The van der Waals surface area contributed by atoms with Crippen LogP contribution in [0.15, 0.2) is 42.5 Å². The number of nitrogens with zero attached hydrogens (tertiary/aromatic N) is 3. The minimum atomic E-state index is -3.33. The number of hydrogen-bond acceptors (Lipinski definition) is 5. The van der Waals surface area contributed by atoms with Crippen molar-refractivity contribution in [3.63, 3.8) is 0 Å². The van der Waals surface area contributed by atoms with Gasteiger partial charge in [-0.3, -0.25) is 9.10 Å². The quantitative estimate of drug-likeness (QED) is 0.655. The fourth-order valence-electron chi connectivity index (χ4n) is 3.53. The van der Waals surface area contributed by atoms with Gasteiger partial charge in [0.15, 0.2) is 6.10 Å². The van der Waals surface area contributed by atoms with Crippen LogP contribution in [0.1, 0.15) is 12.5 Å². The molecule has 1 atom stereocenters. The van der Waals surface area contributed by atoms with E-state index in [9.17, 15) is 13.2 Å². The lowest BCUT2D eigenvalue weighted by Crippen LogP contribution is -2.52. The number of sulfonamides is 1. The molecule has 0 spiro atoms. The van der Waals surface area contributed by atoms with Crippen LogP contribution < -0.4 is 13.9 Å². The molecule has 168 valence electrons. The molecule has 2 aromatic rings. The molecular formula is C22H28ClN3O4S.